The first-order chi connectivity index (χ1) is 6.65. The quantitative estimate of drug-likeness (QED) is 0.551. The number of nitrogens with zero attached hydrogens (tertiary/aromatic N) is 2. The Morgan fingerprint density at radius 3 is 2.21 bits per heavy atom. The van der Waals surface area contributed by atoms with Gasteiger partial charge in [0.2, 0.25) is 0 Å². The third-order valence-electron chi connectivity index (χ3n) is 2.80. The molecule has 0 amide bonds. The van der Waals surface area contributed by atoms with Crippen molar-refractivity contribution in [2.45, 2.75) is 27.2 Å². The Labute approximate surface area is 87.6 Å². The van der Waals surface area contributed by atoms with Gasteiger partial charge in [-0.1, -0.05) is 20.8 Å². The van der Waals surface area contributed by atoms with E-state index in [0.717, 1.165) is 32.0 Å². The summed E-state index contributed by atoms with van der Waals surface area (Å²) >= 11 is 0. The van der Waals surface area contributed by atoms with Crippen LogP contribution < -0.4 is 0 Å². The van der Waals surface area contributed by atoms with Crippen molar-refractivity contribution in [3.63, 3.8) is 0 Å². The lowest BCUT2D eigenvalue weighted by Crippen LogP contribution is -2.49. The lowest BCUT2D eigenvalue weighted by Gasteiger charge is -2.37. The van der Waals surface area contributed by atoms with E-state index in [0.29, 0.717) is 5.92 Å². The second-order valence-electron chi connectivity index (χ2n) is 4.37. The molecule has 0 radical (unpaired) electrons. The molecule has 0 spiro atoms. The molecule has 1 fully saturated rings. The smallest absolute Gasteiger partial charge is 0.0984 e. The fraction of sp³-hybridized carbons (Fsp3) is 0.909. The minimum atomic E-state index is 0.368. The van der Waals surface area contributed by atoms with Crippen molar-refractivity contribution in [2.75, 3.05) is 32.7 Å². The zero-order chi connectivity index (χ0) is 10.6. The molecular weight excluding hydrogens is 174 g/mol. The topological polar surface area (TPSA) is 30.3 Å². The van der Waals surface area contributed by atoms with Gasteiger partial charge in [-0.3, -0.25) is 10.3 Å². The first kappa shape index (κ1) is 11.5. The molecular formula is C11H23N3. The van der Waals surface area contributed by atoms with Gasteiger partial charge in [0.15, 0.2) is 0 Å². The molecule has 0 aromatic heterocycles. The number of hydrogen-bond acceptors (Lipinski definition) is 2. The number of hydrogen-bond donors (Lipinski definition) is 1. The standard InChI is InChI=1S/C11H23N3/c1-4-5-13-6-8-14(9-7-13)11(12)10(2)3/h10,12H,4-9H2,1-3H3. The third kappa shape index (κ3) is 2.98. The summed E-state index contributed by atoms with van der Waals surface area (Å²) in [7, 11) is 0. The first-order valence-electron chi connectivity index (χ1n) is 5.71. The highest BCUT2D eigenvalue weighted by Gasteiger charge is 2.19. The van der Waals surface area contributed by atoms with Gasteiger partial charge in [0.05, 0.1) is 5.84 Å². The summed E-state index contributed by atoms with van der Waals surface area (Å²) in [5.74, 6) is 1.17. The van der Waals surface area contributed by atoms with E-state index in [1.807, 2.05) is 0 Å². The number of rotatable bonds is 3. The molecule has 3 heteroatoms. The summed E-state index contributed by atoms with van der Waals surface area (Å²) in [6.07, 6.45) is 1.24. The predicted octanol–water partition coefficient (Wildman–Crippen LogP) is 1.65. The van der Waals surface area contributed by atoms with Crippen molar-refractivity contribution in [3.8, 4) is 0 Å². The highest BCUT2D eigenvalue weighted by molar-refractivity contribution is 5.81. The van der Waals surface area contributed by atoms with Crippen molar-refractivity contribution in [3.05, 3.63) is 0 Å². The van der Waals surface area contributed by atoms with Gasteiger partial charge >= 0.3 is 0 Å². The summed E-state index contributed by atoms with van der Waals surface area (Å²) in [5.41, 5.74) is 0. The Morgan fingerprint density at radius 2 is 1.79 bits per heavy atom. The molecule has 1 aliphatic rings. The van der Waals surface area contributed by atoms with Crippen LogP contribution in [0.2, 0.25) is 0 Å². The summed E-state index contributed by atoms with van der Waals surface area (Å²) < 4.78 is 0. The zero-order valence-corrected chi connectivity index (χ0v) is 9.71. The van der Waals surface area contributed by atoms with Crippen molar-refractivity contribution >= 4 is 5.84 Å². The van der Waals surface area contributed by atoms with Crippen molar-refractivity contribution in [2.24, 2.45) is 5.92 Å². The minimum Gasteiger partial charge on any atom is -0.358 e. The predicted molar refractivity (Wildman–Crippen MR) is 60.9 cm³/mol. The van der Waals surface area contributed by atoms with Crippen LogP contribution in [-0.2, 0) is 0 Å². The van der Waals surface area contributed by atoms with E-state index >= 15 is 0 Å². The largest absolute Gasteiger partial charge is 0.358 e. The van der Waals surface area contributed by atoms with Crippen LogP contribution >= 0.6 is 0 Å². The Bertz CT molecular complexity index is 181. The SMILES string of the molecule is CCCN1CCN(C(=N)C(C)C)CC1. The Morgan fingerprint density at radius 1 is 1.21 bits per heavy atom. The van der Waals surface area contributed by atoms with Crippen LogP contribution in [0.1, 0.15) is 27.2 Å². The molecule has 0 aromatic carbocycles. The maximum absolute atomic E-state index is 7.91. The highest BCUT2D eigenvalue weighted by atomic mass is 15.3. The van der Waals surface area contributed by atoms with E-state index in [1.54, 1.807) is 0 Å². The van der Waals surface area contributed by atoms with Crippen LogP contribution in [0.15, 0.2) is 0 Å². The molecule has 82 valence electrons. The Balaban J connectivity index is 2.32. The Hall–Kier alpha value is -0.570. The second-order valence-corrected chi connectivity index (χ2v) is 4.37. The van der Waals surface area contributed by atoms with E-state index in [2.05, 4.69) is 30.6 Å². The normalized spacial score (nSPS) is 19.0. The summed E-state index contributed by atoms with van der Waals surface area (Å²) in [5, 5.41) is 7.91. The first-order valence-corrected chi connectivity index (χ1v) is 5.71. The van der Waals surface area contributed by atoms with Gasteiger partial charge in [-0.25, -0.2) is 0 Å². The zero-order valence-electron chi connectivity index (χ0n) is 9.71. The van der Waals surface area contributed by atoms with Gasteiger partial charge in [0.1, 0.15) is 0 Å². The summed E-state index contributed by atoms with van der Waals surface area (Å²) in [6, 6.07) is 0. The van der Waals surface area contributed by atoms with Gasteiger partial charge in [0.25, 0.3) is 0 Å². The lowest BCUT2D eigenvalue weighted by molar-refractivity contribution is 0.178. The average molecular weight is 197 g/mol. The number of nitrogens with one attached hydrogen (secondary N) is 1. The van der Waals surface area contributed by atoms with Crippen molar-refractivity contribution < 1.29 is 0 Å². The molecule has 0 aliphatic carbocycles. The average Bonchev–Trinajstić information content (AvgIpc) is 2.18. The fourth-order valence-corrected chi connectivity index (χ4v) is 1.89. The molecule has 0 atom stereocenters. The van der Waals surface area contributed by atoms with Crippen LogP contribution in [0, 0.1) is 11.3 Å². The van der Waals surface area contributed by atoms with Crippen molar-refractivity contribution in [1.29, 1.82) is 5.41 Å². The molecule has 0 unspecified atom stereocenters. The van der Waals surface area contributed by atoms with Gasteiger partial charge < -0.3 is 4.90 Å². The van der Waals surface area contributed by atoms with Gasteiger partial charge in [-0.15, -0.1) is 0 Å². The molecule has 1 heterocycles. The van der Waals surface area contributed by atoms with Crippen LogP contribution in [0.5, 0.6) is 0 Å². The van der Waals surface area contributed by atoms with E-state index in [9.17, 15) is 0 Å². The third-order valence-corrected chi connectivity index (χ3v) is 2.80. The van der Waals surface area contributed by atoms with Crippen LogP contribution in [-0.4, -0.2) is 48.4 Å². The Kier molecular flexibility index (Phi) is 4.39. The molecule has 14 heavy (non-hydrogen) atoms. The molecule has 1 saturated heterocycles. The maximum Gasteiger partial charge on any atom is 0.0984 e. The van der Waals surface area contributed by atoms with Gasteiger partial charge in [0, 0.05) is 32.1 Å². The van der Waals surface area contributed by atoms with Crippen molar-refractivity contribution in [1.82, 2.24) is 9.80 Å². The molecule has 1 rings (SSSR count). The summed E-state index contributed by atoms with van der Waals surface area (Å²) in [6.45, 7) is 12.0. The fourth-order valence-electron chi connectivity index (χ4n) is 1.89. The molecule has 0 saturated carbocycles. The molecule has 1 N–H and O–H groups in total. The van der Waals surface area contributed by atoms with Crippen LogP contribution in [0.4, 0.5) is 0 Å². The molecule has 1 aliphatic heterocycles. The number of amidine groups is 1. The van der Waals surface area contributed by atoms with Gasteiger partial charge in [-0.05, 0) is 13.0 Å². The number of piperazine rings is 1. The minimum absolute atomic E-state index is 0.368. The van der Waals surface area contributed by atoms with Crippen LogP contribution in [0.3, 0.4) is 0 Å². The van der Waals surface area contributed by atoms with Gasteiger partial charge in [-0.2, -0.15) is 0 Å². The maximum atomic E-state index is 7.91. The van der Waals surface area contributed by atoms with E-state index < -0.39 is 0 Å². The molecule has 0 bridgehead atoms. The monoisotopic (exact) mass is 197 g/mol. The van der Waals surface area contributed by atoms with Crippen LogP contribution in [0.25, 0.3) is 0 Å². The summed E-state index contributed by atoms with van der Waals surface area (Å²) in [4.78, 5) is 4.71. The molecule has 0 aromatic rings. The highest BCUT2D eigenvalue weighted by Crippen LogP contribution is 2.07. The van der Waals surface area contributed by atoms with E-state index in [4.69, 9.17) is 5.41 Å². The van der Waals surface area contributed by atoms with E-state index in [-0.39, 0.29) is 0 Å². The molecule has 3 nitrogen and oxygen atoms in total. The second kappa shape index (κ2) is 5.35. The van der Waals surface area contributed by atoms with E-state index in [1.165, 1.54) is 13.0 Å². The lowest BCUT2D eigenvalue weighted by atomic mass is 10.1.